The number of hydrogen-bond donors (Lipinski definition) is 0. The van der Waals surface area contributed by atoms with Crippen molar-refractivity contribution in [2.75, 3.05) is 0 Å². The van der Waals surface area contributed by atoms with Gasteiger partial charge in [-0.25, -0.2) is 0 Å². The molecule has 0 saturated heterocycles. The topological polar surface area (TPSA) is 23.0 Å². The van der Waals surface area contributed by atoms with Crippen molar-refractivity contribution in [3.8, 4) is 16.8 Å². The Labute approximate surface area is 372 Å². The highest BCUT2D eigenvalue weighted by Gasteiger charge is 2.54. The molecule has 64 heavy (non-hydrogen) atoms. The van der Waals surface area contributed by atoms with E-state index in [1.54, 1.807) is 11.1 Å². The summed E-state index contributed by atoms with van der Waals surface area (Å²) in [4.78, 5) is 0. The van der Waals surface area contributed by atoms with Crippen LogP contribution < -0.4 is 10.9 Å². The van der Waals surface area contributed by atoms with Crippen molar-refractivity contribution in [2.24, 2.45) is 35.5 Å². The average molecular weight is 825 g/mol. The summed E-state index contributed by atoms with van der Waals surface area (Å²) < 4.78 is 12.7. The van der Waals surface area contributed by atoms with E-state index in [-0.39, 0.29) is 12.3 Å². The Kier molecular flexibility index (Phi) is 5.81. The molecule has 8 saturated carbocycles. The number of aromatic nitrogens is 2. The maximum atomic E-state index is 7.22. The van der Waals surface area contributed by atoms with E-state index in [0.29, 0.717) is 5.41 Å². The third-order valence-electron chi connectivity index (χ3n) is 19.9. The van der Waals surface area contributed by atoms with Gasteiger partial charge in [-0.1, -0.05) is 78.9 Å². The lowest BCUT2D eigenvalue weighted by molar-refractivity contribution is -0.00527. The van der Waals surface area contributed by atoms with Gasteiger partial charge in [-0.05, 0) is 193 Å². The van der Waals surface area contributed by atoms with Crippen LogP contribution in [0.15, 0.2) is 120 Å². The molecule has 2 aliphatic heterocycles. The number of benzene rings is 7. The Bertz CT molecular complexity index is 3770. The monoisotopic (exact) mass is 824 g/mol. The number of furan rings is 1. The zero-order valence-electron chi connectivity index (χ0n) is 36.3. The molecule has 4 heteroatoms. The van der Waals surface area contributed by atoms with Crippen molar-refractivity contribution in [3.05, 3.63) is 126 Å². The van der Waals surface area contributed by atoms with Crippen LogP contribution in [0.2, 0.25) is 0 Å². The van der Waals surface area contributed by atoms with Crippen LogP contribution in [0.4, 0.5) is 0 Å². The highest BCUT2D eigenvalue weighted by atomic mass is 16.3. The number of hydrogen-bond acceptors (Lipinski definition) is 1. The van der Waals surface area contributed by atoms with E-state index in [1.807, 2.05) is 0 Å². The second-order valence-electron chi connectivity index (χ2n) is 23.2. The van der Waals surface area contributed by atoms with E-state index in [4.69, 9.17) is 4.42 Å². The molecule has 8 bridgehead atoms. The van der Waals surface area contributed by atoms with Gasteiger partial charge in [-0.3, -0.25) is 0 Å². The molecule has 8 fully saturated rings. The van der Waals surface area contributed by atoms with Gasteiger partial charge < -0.3 is 13.5 Å². The van der Waals surface area contributed by atoms with Gasteiger partial charge in [0.25, 0.3) is 0 Å². The van der Waals surface area contributed by atoms with E-state index in [2.05, 4.69) is 124 Å². The summed E-state index contributed by atoms with van der Waals surface area (Å²) in [7, 11) is 0. The summed E-state index contributed by atoms with van der Waals surface area (Å²) >= 11 is 0. The Hall–Kier alpha value is -5.74. The van der Waals surface area contributed by atoms with Crippen LogP contribution in [0.1, 0.15) is 88.2 Å². The molecule has 3 nitrogen and oxygen atoms in total. The molecule has 3 aromatic heterocycles. The van der Waals surface area contributed by atoms with Crippen LogP contribution in [-0.4, -0.2) is 15.9 Å². The fraction of sp³-hybridized carbons (Fsp3) is 0.333. The van der Waals surface area contributed by atoms with Crippen molar-refractivity contribution >= 4 is 94.1 Å². The fourth-order valence-electron chi connectivity index (χ4n) is 18.5. The van der Waals surface area contributed by atoms with Crippen molar-refractivity contribution < 1.29 is 4.42 Å². The third-order valence-corrected chi connectivity index (χ3v) is 19.9. The van der Waals surface area contributed by atoms with Crippen molar-refractivity contribution in [2.45, 2.75) is 87.9 Å². The van der Waals surface area contributed by atoms with Crippen LogP contribution in [0, 0.1) is 35.5 Å². The SMILES string of the molecule is c1ccc2c(c1)ccc1c3cccc4c3n(c21)-c1c2c(cc3c1oc1ccccc13)-c1cc(C35CC6CC(CC(C6)C3)C5)cc3c5cc(C67CC8CC(CC(C8)C6)C7)ccc5n(c13)B24. The summed E-state index contributed by atoms with van der Waals surface area (Å²) in [5, 5.41) is 10.7. The Morgan fingerprint density at radius 2 is 1.11 bits per heavy atom. The average Bonchev–Trinajstić information content (AvgIpc) is 3.96. The molecule has 0 unspecified atom stereocenters. The maximum Gasteiger partial charge on any atom is 0.333 e. The highest BCUT2D eigenvalue weighted by molar-refractivity contribution is 6.90. The molecule has 10 aliphatic rings. The summed E-state index contributed by atoms with van der Waals surface area (Å²) in [5.74, 6) is 5.45. The van der Waals surface area contributed by atoms with Crippen LogP contribution in [-0.2, 0) is 10.8 Å². The van der Waals surface area contributed by atoms with Gasteiger partial charge in [0.2, 0.25) is 0 Å². The molecule has 10 aromatic rings. The standard InChI is InChI=1S/C60H49BN2O/c1-2-7-41-38(6-1)12-14-44-43-9-5-10-50-56(43)62(54(41)44)57-53-46(25-49-42-8-3-4-11-52(42)64-58(49)57)48-24-40(60-29-35-19-36(30-60)21-37(20-35)31-60)23-47-45-22-39(13-15-51(45)63(55(47)48)61(50)53)59-26-32-16-33(27-59)18-34(17-32)28-59/h1-15,22-25,32-37H,16-21,26-31H2. The van der Waals surface area contributed by atoms with Gasteiger partial charge in [0.05, 0.1) is 16.7 Å². The molecule has 0 amide bonds. The van der Waals surface area contributed by atoms with E-state index in [9.17, 15) is 0 Å². The summed E-state index contributed by atoms with van der Waals surface area (Å²) in [6.45, 7) is 0.0117. The highest BCUT2D eigenvalue weighted by Crippen LogP contribution is 2.63. The Morgan fingerprint density at radius 1 is 0.469 bits per heavy atom. The zero-order valence-corrected chi connectivity index (χ0v) is 36.3. The zero-order chi connectivity index (χ0) is 40.9. The minimum absolute atomic E-state index is 0.0117. The lowest BCUT2D eigenvalue weighted by Crippen LogP contribution is -2.55. The largest absolute Gasteiger partial charge is 0.454 e. The first-order chi connectivity index (χ1) is 31.5. The minimum atomic E-state index is 0.0117. The molecule has 308 valence electrons. The number of para-hydroxylation sites is 2. The predicted octanol–water partition coefficient (Wildman–Crippen LogP) is 13.8. The first-order valence-electron chi connectivity index (χ1n) is 25.1. The van der Waals surface area contributed by atoms with E-state index in [0.717, 1.165) is 46.7 Å². The molecule has 0 atom stereocenters. The quantitative estimate of drug-likeness (QED) is 0.159. The molecule has 20 rings (SSSR count). The second-order valence-corrected chi connectivity index (χ2v) is 23.2. The lowest BCUT2D eigenvalue weighted by atomic mass is 9.45. The van der Waals surface area contributed by atoms with Gasteiger partial charge >= 0.3 is 6.85 Å². The number of nitrogens with zero attached hydrogens (tertiary/aromatic N) is 2. The van der Waals surface area contributed by atoms with Gasteiger partial charge in [0.15, 0.2) is 5.58 Å². The Balaban J connectivity index is 1.02. The maximum absolute atomic E-state index is 7.22. The van der Waals surface area contributed by atoms with Crippen LogP contribution in [0.25, 0.3) is 93.1 Å². The minimum Gasteiger partial charge on any atom is -0.454 e. The third kappa shape index (κ3) is 3.89. The number of rotatable bonds is 2. The first kappa shape index (κ1) is 33.7. The molecule has 0 N–H and O–H groups in total. The summed E-state index contributed by atoms with van der Waals surface area (Å²) in [6.07, 6.45) is 17.2. The van der Waals surface area contributed by atoms with Gasteiger partial charge in [0.1, 0.15) is 5.58 Å². The molecule has 0 radical (unpaired) electrons. The van der Waals surface area contributed by atoms with Crippen molar-refractivity contribution in [3.63, 3.8) is 0 Å². The van der Waals surface area contributed by atoms with E-state index in [1.165, 1.54) is 170 Å². The summed E-state index contributed by atoms with van der Waals surface area (Å²) in [5.41, 5.74) is 18.3. The first-order valence-corrected chi connectivity index (χ1v) is 25.1. The van der Waals surface area contributed by atoms with Gasteiger partial charge in [-0.15, -0.1) is 0 Å². The normalized spacial score (nSPS) is 30.2. The van der Waals surface area contributed by atoms with Crippen molar-refractivity contribution in [1.29, 1.82) is 0 Å². The molecule has 8 aliphatic carbocycles. The smallest absolute Gasteiger partial charge is 0.333 e. The summed E-state index contributed by atoms with van der Waals surface area (Å²) in [6, 6.07) is 45.9. The predicted molar refractivity (Wildman–Crippen MR) is 264 cm³/mol. The van der Waals surface area contributed by atoms with Crippen molar-refractivity contribution in [1.82, 2.24) is 9.05 Å². The molecular weight excluding hydrogens is 775 g/mol. The van der Waals surface area contributed by atoms with Gasteiger partial charge in [0, 0.05) is 54.3 Å². The van der Waals surface area contributed by atoms with Gasteiger partial charge in [-0.2, -0.15) is 0 Å². The Morgan fingerprint density at radius 3 is 1.86 bits per heavy atom. The lowest BCUT2D eigenvalue weighted by Gasteiger charge is -2.57. The van der Waals surface area contributed by atoms with Crippen LogP contribution in [0.3, 0.4) is 0 Å². The second kappa shape index (κ2) is 11.0. The molecule has 5 heterocycles. The molecule has 0 spiro atoms. The van der Waals surface area contributed by atoms with E-state index < -0.39 is 0 Å². The number of fused-ring (bicyclic) bond motifs is 16. The van der Waals surface area contributed by atoms with Crippen LogP contribution in [0.5, 0.6) is 0 Å². The molecule has 7 aromatic carbocycles. The molecular formula is C60H49BN2O. The fourth-order valence-corrected chi connectivity index (χ4v) is 18.5. The van der Waals surface area contributed by atoms with Crippen LogP contribution >= 0.6 is 0 Å². The van der Waals surface area contributed by atoms with E-state index >= 15 is 0 Å².